The Labute approximate surface area is 181 Å². The standard InChI is InChI=1S/C26H24N2O3/c29-26(30)19-9-12-27-21(15-19)16-28-13-10-18(11-14-28)25-22-6-2-1-5-20(22)17-31-24-8-4-3-7-23(24)25/h1-9,12,15H,10-11,13-14,16-17H2,(H,29,30). The molecule has 1 saturated heterocycles. The van der Waals surface area contributed by atoms with Crippen LogP contribution in [0.1, 0.15) is 45.6 Å². The minimum atomic E-state index is -0.915. The molecule has 0 amide bonds. The van der Waals surface area contributed by atoms with Gasteiger partial charge in [0.05, 0.1) is 11.3 Å². The number of piperidine rings is 1. The smallest absolute Gasteiger partial charge is 0.335 e. The van der Waals surface area contributed by atoms with Gasteiger partial charge in [0, 0.05) is 31.4 Å². The van der Waals surface area contributed by atoms with Crippen LogP contribution in [0.2, 0.25) is 0 Å². The van der Waals surface area contributed by atoms with Crippen LogP contribution in [0.5, 0.6) is 5.75 Å². The summed E-state index contributed by atoms with van der Waals surface area (Å²) in [4.78, 5) is 17.9. The molecule has 3 aromatic rings. The summed E-state index contributed by atoms with van der Waals surface area (Å²) in [6, 6.07) is 20.1. The highest BCUT2D eigenvalue weighted by Gasteiger charge is 2.24. The van der Waals surface area contributed by atoms with Crippen molar-refractivity contribution < 1.29 is 14.6 Å². The lowest BCUT2D eigenvalue weighted by atomic mass is 9.86. The van der Waals surface area contributed by atoms with E-state index in [9.17, 15) is 9.90 Å². The molecule has 31 heavy (non-hydrogen) atoms. The molecule has 0 bridgehead atoms. The molecule has 5 heteroatoms. The van der Waals surface area contributed by atoms with E-state index in [1.165, 1.54) is 33.9 Å². The number of ether oxygens (including phenoxy) is 1. The van der Waals surface area contributed by atoms with Crippen LogP contribution in [-0.4, -0.2) is 34.0 Å². The van der Waals surface area contributed by atoms with E-state index in [-0.39, 0.29) is 5.56 Å². The molecule has 2 aliphatic heterocycles. The fourth-order valence-corrected chi connectivity index (χ4v) is 4.53. The first-order chi connectivity index (χ1) is 15.2. The van der Waals surface area contributed by atoms with Crippen molar-refractivity contribution in [3.8, 4) is 5.75 Å². The monoisotopic (exact) mass is 412 g/mol. The largest absolute Gasteiger partial charge is 0.488 e. The van der Waals surface area contributed by atoms with Crippen molar-refractivity contribution >= 4 is 11.5 Å². The molecule has 1 fully saturated rings. The van der Waals surface area contributed by atoms with E-state index in [2.05, 4.69) is 52.3 Å². The van der Waals surface area contributed by atoms with Gasteiger partial charge in [-0.15, -0.1) is 0 Å². The molecule has 0 unspecified atom stereocenters. The summed E-state index contributed by atoms with van der Waals surface area (Å²) in [5, 5.41) is 9.22. The van der Waals surface area contributed by atoms with Crippen molar-refractivity contribution in [3.05, 3.63) is 100 Å². The first-order valence-electron chi connectivity index (χ1n) is 10.6. The molecule has 1 aromatic heterocycles. The summed E-state index contributed by atoms with van der Waals surface area (Å²) in [6.45, 7) is 3.09. The number of likely N-dealkylation sites (tertiary alicyclic amines) is 1. The SMILES string of the molecule is O=C(O)c1ccnc(CN2CCC(=C3c4ccccc4COc4ccccc43)CC2)c1. The van der Waals surface area contributed by atoms with Crippen LogP contribution in [0.3, 0.4) is 0 Å². The molecule has 0 spiro atoms. The highest BCUT2D eigenvalue weighted by Crippen LogP contribution is 2.40. The van der Waals surface area contributed by atoms with Crippen LogP contribution in [0.25, 0.3) is 5.57 Å². The number of hydrogen-bond donors (Lipinski definition) is 1. The normalized spacial score (nSPS) is 16.1. The number of hydrogen-bond acceptors (Lipinski definition) is 4. The van der Waals surface area contributed by atoms with E-state index in [0.717, 1.165) is 37.4 Å². The van der Waals surface area contributed by atoms with Crippen LogP contribution < -0.4 is 4.74 Å². The zero-order valence-corrected chi connectivity index (χ0v) is 17.3. The molecule has 3 heterocycles. The third kappa shape index (κ3) is 3.97. The summed E-state index contributed by atoms with van der Waals surface area (Å²) >= 11 is 0. The van der Waals surface area contributed by atoms with Gasteiger partial charge in [0.15, 0.2) is 0 Å². The van der Waals surface area contributed by atoms with Gasteiger partial charge in [0.25, 0.3) is 0 Å². The minimum absolute atomic E-state index is 0.288. The third-order valence-corrected chi connectivity index (χ3v) is 6.09. The predicted octanol–water partition coefficient (Wildman–Crippen LogP) is 4.77. The van der Waals surface area contributed by atoms with Crippen LogP contribution in [0.15, 0.2) is 72.4 Å². The quantitative estimate of drug-likeness (QED) is 0.671. The molecule has 0 aliphatic carbocycles. The molecule has 2 aliphatic rings. The van der Waals surface area contributed by atoms with E-state index >= 15 is 0 Å². The number of para-hydroxylation sites is 1. The molecule has 5 rings (SSSR count). The summed E-state index contributed by atoms with van der Waals surface area (Å²) in [5.74, 6) is 0.0283. The predicted molar refractivity (Wildman–Crippen MR) is 119 cm³/mol. The van der Waals surface area contributed by atoms with Gasteiger partial charge in [-0.3, -0.25) is 9.88 Å². The number of aromatic carboxylic acids is 1. The summed E-state index contributed by atoms with van der Waals surface area (Å²) in [6.07, 6.45) is 3.52. The van der Waals surface area contributed by atoms with Gasteiger partial charge in [0.2, 0.25) is 0 Å². The Kier molecular flexibility index (Phi) is 5.26. The average molecular weight is 412 g/mol. The van der Waals surface area contributed by atoms with Gasteiger partial charge in [-0.1, -0.05) is 48.0 Å². The van der Waals surface area contributed by atoms with E-state index < -0.39 is 5.97 Å². The molecule has 1 N–H and O–H groups in total. The molecular formula is C26H24N2O3. The molecular weight excluding hydrogens is 388 g/mol. The summed E-state index contributed by atoms with van der Waals surface area (Å²) < 4.78 is 6.13. The molecule has 0 saturated carbocycles. The second-order valence-electron chi connectivity index (χ2n) is 8.04. The highest BCUT2D eigenvalue weighted by atomic mass is 16.5. The lowest BCUT2D eigenvalue weighted by molar-refractivity contribution is 0.0696. The second-order valence-corrected chi connectivity index (χ2v) is 8.04. The average Bonchev–Trinajstić information content (AvgIpc) is 2.97. The van der Waals surface area contributed by atoms with Gasteiger partial charge in [0.1, 0.15) is 12.4 Å². The third-order valence-electron chi connectivity index (χ3n) is 6.09. The molecule has 0 radical (unpaired) electrons. The van der Waals surface area contributed by atoms with E-state index in [1.54, 1.807) is 12.3 Å². The van der Waals surface area contributed by atoms with Crippen LogP contribution in [0.4, 0.5) is 0 Å². The Morgan fingerprint density at radius 2 is 1.74 bits per heavy atom. The van der Waals surface area contributed by atoms with Crippen molar-refractivity contribution in [1.29, 1.82) is 0 Å². The number of nitrogens with zero attached hydrogens (tertiary/aromatic N) is 2. The number of fused-ring (bicyclic) bond motifs is 2. The summed E-state index contributed by atoms with van der Waals surface area (Å²) in [5.41, 5.74) is 7.52. The van der Waals surface area contributed by atoms with Crippen LogP contribution in [0, 0.1) is 0 Å². The minimum Gasteiger partial charge on any atom is -0.488 e. The maximum Gasteiger partial charge on any atom is 0.335 e. The van der Waals surface area contributed by atoms with Crippen molar-refractivity contribution in [3.63, 3.8) is 0 Å². The molecule has 0 atom stereocenters. The lowest BCUT2D eigenvalue weighted by Crippen LogP contribution is -2.31. The number of pyridine rings is 1. The zero-order valence-electron chi connectivity index (χ0n) is 17.3. The Bertz CT molecular complexity index is 1110. The first kappa shape index (κ1) is 19.5. The number of carbonyl (C=O) groups is 1. The Morgan fingerprint density at radius 3 is 2.55 bits per heavy atom. The maximum absolute atomic E-state index is 11.2. The zero-order chi connectivity index (χ0) is 21.2. The fourth-order valence-electron chi connectivity index (χ4n) is 4.53. The van der Waals surface area contributed by atoms with Gasteiger partial charge >= 0.3 is 5.97 Å². The molecule has 156 valence electrons. The van der Waals surface area contributed by atoms with E-state index in [4.69, 9.17) is 4.74 Å². The van der Waals surface area contributed by atoms with Gasteiger partial charge in [-0.05, 0) is 47.7 Å². The van der Waals surface area contributed by atoms with E-state index in [1.807, 2.05) is 6.07 Å². The highest BCUT2D eigenvalue weighted by molar-refractivity contribution is 5.88. The first-order valence-corrected chi connectivity index (χ1v) is 10.6. The van der Waals surface area contributed by atoms with Crippen molar-refractivity contribution in [1.82, 2.24) is 9.88 Å². The van der Waals surface area contributed by atoms with Crippen molar-refractivity contribution in [2.24, 2.45) is 0 Å². The lowest BCUT2D eigenvalue weighted by Gasteiger charge is -2.30. The maximum atomic E-state index is 11.2. The number of aromatic nitrogens is 1. The Balaban J connectivity index is 1.42. The van der Waals surface area contributed by atoms with Crippen LogP contribution >= 0.6 is 0 Å². The topological polar surface area (TPSA) is 62.7 Å². The number of rotatable bonds is 3. The van der Waals surface area contributed by atoms with E-state index in [0.29, 0.717) is 13.2 Å². The van der Waals surface area contributed by atoms with Gasteiger partial charge in [-0.2, -0.15) is 0 Å². The molecule has 5 nitrogen and oxygen atoms in total. The van der Waals surface area contributed by atoms with Crippen LogP contribution in [-0.2, 0) is 13.2 Å². The van der Waals surface area contributed by atoms with Gasteiger partial charge < -0.3 is 9.84 Å². The second kappa shape index (κ2) is 8.36. The number of carboxylic acids is 1. The van der Waals surface area contributed by atoms with Gasteiger partial charge in [-0.25, -0.2) is 4.79 Å². The Hall–Kier alpha value is -3.44. The number of carboxylic acid groups (broad SMARTS) is 1. The van der Waals surface area contributed by atoms with Crippen molar-refractivity contribution in [2.45, 2.75) is 26.0 Å². The van der Waals surface area contributed by atoms with Crippen molar-refractivity contribution in [2.75, 3.05) is 13.1 Å². The summed E-state index contributed by atoms with van der Waals surface area (Å²) in [7, 11) is 0. The fraction of sp³-hybridized carbons (Fsp3) is 0.231. The Morgan fingerprint density at radius 1 is 1.00 bits per heavy atom. The number of benzene rings is 2. The molecule has 2 aromatic carbocycles.